The van der Waals surface area contributed by atoms with Crippen LogP contribution in [0.4, 0.5) is 5.69 Å². The lowest BCUT2D eigenvalue weighted by Gasteiger charge is -2.35. The summed E-state index contributed by atoms with van der Waals surface area (Å²) in [4.78, 5) is 13.7. The monoisotopic (exact) mass is 338 g/mol. The number of nitrogens with one attached hydrogen (secondary N) is 1. The number of nitrogens with zero attached hydrogens (tertiary/aromatic N) is 1. The van der Waals surface area contributed by atoms with E-state index in [1.807, 2.05) is 6.07 Å². The number of hydrogen-bond acceptors (Lipinski definition) is 3. The van der Waals surface area contributed by atoms with Gasteiger partial charge in [0.15, 0.2) is 0 Å². The van der Waals surface area contributed by atoms with Gasteiger partial charge in [-0.05, 0) is 50.4 Å². The minimum Gasteiger partial charge on any atom is -0.478 e. The second-order valence-corrected chi connectivity index (χ2v) is 6.65. The van der Waals surface area contributed by atoms with Gasteiger partial charge >= 0.3 is 5.97 Å². The number of anilines is 1. The molecule has 0 aromatic heterocycles. The zero-order valence-corrected chi connectivity index (χ0v) is 12.9. The number of piperidine rings is 1. The van der Waals surface area contributed by atoms with Crippen molar-refractivity contribution in [3.05, 3.63) is 28.2 Å². The molecule has 2 aliphatic heterocycles. The number of aromatic carboxylic acids is 1. The highest BCUT2D eigenvalue weighted by molar-refractivity contribution is 9.10. The van der Waals surface area contributed by atoms with Gasteiger partial charge in [-0.2, -0.15) is 0 Å². The molecule has 1 aromatic rings. The van der Waals surface area contributed by atoms with Crippen LogP contribution < -0.4 is 5.32 Å². The van der Waals surface area contributed by atoms with Crippen LogP contribution in [0.2, 0.25) is 0 Å². The Balaban J connectivity index is 1.70. The summed E-state index contributed by atoms with van der Waals surface area (Å²) in [6.45, 7) is 2.40. The summed E-state index contributed by atoms with van der Waals surface area (Å²) in [7, 11) is 0. The number of fused-ring (bicyclic) bond motifs is 1. The molecular formula is C15H19BrN2O2. The van der Waals surface area contributed by atoms with E-state index in [-0.39, 0.29) is 0 Å². The molecule has 2 atom stereocenters. The fourth-order valence-corrected chi connectivity index (χ4v) is 3.88. The maximum Gasteiger partial charge on any atom is 0.335 e. The van der Waals surface area contributed by atoms with E-state index in [1.54, 1.807) is 12.1 Å². The summed E-state index contributed by atoms with van der Waals surface area (Å²) < 4.78 is 0.804. The summed E-state index contributed by atoms with van der Waals surface area (Å²) in [5.41, 5.74) is 1.22. The van der Waals surface area contributed by atoms with Gasteiger partial charge in [0.05, 0.1) is 5.56 Å². The lowest BCUT2D eigenvalue weighted by atomic mass is 9.97. The molecule has 4 nitrogen and oxygen atoms in total. The second kappa shape index (κ2) is 5.74. The number of carboxylic acids is 1. The third kappa shape index (κ3) is 2.99. The summed E-state index contributed by atoms with van der Waals surface area (Å²) in [5, 5.41) is 12.6. The first-order valence-electron chi connectivity index (χ1n) is 7.16. The second-order valence-electron chi connectivity index (χ2n) is 5.73. The summed E-state index contributed by atoms with van der Waals surface area (Å²) in [6.07, 6.45) is 4.91. The van der Waals surface area contributed by atoms with Crippen molar-refractivity contribution in [2.45, 2.75) is 37.8 Å². The van der Waals surface area contributed by atoms with Crippen LogP contribution in [0.1, 0.15) is 36.0 Å². The van der Waals surface area contributed by atoms with Crippen LogP contribution in [-0.4, -0.2) is 41.1 Å². The molecule has 0 amide bonds. The molecule has 5 heteroatoms. The number of halogens is 1. The molecular weight excluding hydrogens is 320 g/mol. The highest BCUT2D eigenvalue weighted by Crippen LogP contribution is 2.29. The fourth-order valence-electron chi connectivity index (χ4n) is 3.39. The van der Waals surface area contributed by atoms with E-state index >= 15 is 0 Å². The molecule has 20 heavy (non-hydrogen) atoms. The fraction of sp³-hybridized carbons (Fsp3) is 0.533. The van der Waals surface area contributed by atoms with Crippen LogP contribution in [0, 0.1) is 0 Å². The molecule has 2 saturated heterocycles. The Morgan fingerprint density at radius 2 is 2.15 bits per heavy atom. The molecule has 2 fully saturated rings. The molecule has 0 radical (unpaired) electrons. The van der Waals surface area contributed by atoms with E-state index in [4.69, 9.17) is 5.11 Å². The van der Waals surface area contributed by atoms with Crippen LogP contribution in [0.5, 0.6) is 0 Å². The topological polar surface area (TPSA) is 52.6 Å². The van der Waals surface area contributed by atoms with Gasteiger partial charge in [-0.25, -0.2) is 4.79 Å². The number of carbonyl (C=O) groups is 1. The zero-order valence-electron chi connectivity index (χ0n) is 11.3. The summed E-state index contributed by atoms with van der Waals surface area (Å²) in [6, 6.07) is 6.46. The van der Waals surface area contributed by atoms with Crippen molar-refractivity contribution in [1.29, 1.82) is 0 Å². The van der Waals surface area contributed by atoms with E-state index in [9.17, 15) is 4.79 Å². The SMILES string of the molecule is O=C(O)c1cc(Br)cc(NC2CCN3CCCC3C2)c1. The Bertz CT molecular complexity index is 521. The first kappa shape index (κ1) is 13.9. The van der Waals surface area contributed by atoms with Crippen molar-refractivity contribution >= 4 is 27.6 Å². The lowest BCUT2D eigenvalue weighted by molar-refractivity contribution is 0.0697. The third-order valence-electron chi connectivity index (χ3n) is 4.34. The van der Waals surface area contributed by atoms with Crippen LogP contribution in [0.3, 0.4) is 0 Å². The minimum absolute atomic E-state index is 0.320. The van der Waals surface area contributed by atoms with E-state index < -0.39 is 5.97 Å². The van der Waals surface area contributed by atoms with Gasteiger partial charge in [-0.3, -0.25) is 0 Å². The van der Waals surface area contributed by atoms with E-state index in [0.29, 0.717) is 17.6 Å². The molecule has 2 aliphatic rings. The zero-order chi connectivity index (χ0) is 14.1. The third-order valence-corrected chi connectivity index (χ3v) is 4.79. The van der Waals surface area contributed by atoms with Crippen LogP contribution >= 0.6 is 15.9 Å². The average Bonchev–Trinajstić information content (AvgIpc) is 2.85. The molecule has 2 N–H and O–H groups in total. The molecule has 2 heterocycles. The molecule has 0 aliphatic carbocycles. The van der Waals surface area contributed by atoms with Crippen LogP contribution in [-0.2, 0) is 0 Å². The van der Waals surface area contributed by atoms with E-state index in [1.165, 1.54) is 19.4 Å². The van der Waals surface area contributed by atoms with Gasteiger partial charge in [0, 0.05) is 28.8 Å². The Kier molecular flexibility index (Phi) is 3.98. The Hall–Kier alpha value is -1.07. The predicted octanol–water partition coefficient (Wildman–Crippen LogP) is 3.19. The number of hydrogen-bond donors (Lipinski definition) is 2. The highest BCUT2D eigenvalue weighted by Gasteiger charge is 2.31. The average molecular weight is 339 g/mol. The Labute approximate surface area is 127 Å². The molecule has 0 saturated carbocycles. The molecule has 0 spiro atoms. The molecule has 0 bridgehead atoms. The molecule has 3 rings (SSSR count). The predicted molar refractivity (Wildman–Crippen MR) is 82.3 cm³/mol. The van der Waals surface area contributed by atoms with Crippen molar-refractivity contribution in [3.63, 3.8) is 0 Å². The maximum atomic E-state index is 11.1. The van der Waals surface area contributed by atoms with Crippen molar-refractivity contribution in [2.24, 2.45) is 0 Å². The minimum atomic E-state index is -0.889. The van der Waals surface area contributed by atoms with Crippen molar-refractivity contribution in [2.75, 3.05) is 18.4 Å². The largest absolute Gasteiger partial charge is 0.478 e. The van der Waals surface area contributed by atoms with E-state index in [2.05, 4.69) is 26.1 Å². The van der Waals surface area contributed by atoms with Gasteiger partial charge in [0.1, 0.15) is 0 Å². The van der Waals surface area contributed by atoms with Gasteiger partial charge < -0.3 is 15.3 Å². The van der Waals surface area contributed by atoms with Crippen LogP contribution in [0.25, 0.3) is 0 Å². The normalized spacial score (nSPS) is 26.2. The molecule has 108 valence electrons. The van der Waals surface area contributed by atoms with Crippen molar-refractivity contribution in [1.82, 2.24) is 4.90 Å². The lowest BCUT2D eigenvalue weighted by Crippen LogP contribution is -2.42. The number of carboxylic acid groups (broad SMARTS) is 1. The number of benzene rings is 1. The van der Waals surface area contributed by atoms with Gasteiger partial charge in [0.2, 0.25) is 0 Å². The highest BCUT2D eigenvalue weighted by atomic mass is 79.9. The Morgan fingerprint density at radius 1 is 1.30 bits per heavy atom. The molecule has 2 unspecified atom stereocenters. The van der Waals surface area contributed by atoms with Crippen LogP contribution in [0.15, 0.2) is 22.7 Å². The van der Waals surface area contributed by atoms with Crippen molar-refractivity contribution < 1.29 is 9.90 Å². The number of rotatable bonds is 3. The van der Waals surface area contributed by atoms with Gasteiger partial charge in [-0.15, -0.1) is 0 Å². The first-order chi connectivity index (χ1) is 9.61. The van der Waals surface area contributed by atoms with Crippen molar-refractivity contribution in [3.8, 4) is 0 Å². The maximum absolute atomic E-state index is 11.1. The summed E-state index contributed by atoms with van der Waals surface area (Å²) >= 11 is 3.38. The van der Waals surface area contributed by atoms with Gasteiger partial charge in [0.25, 0.3) is 0 Å². The standard InChI is InChI=1S/C15H19BrN2O2/c16-11-6-10(15(19)20)7-13(8-11)17-12-3-5-18-4-1-2-14(18)9-12/h6-8,12,14,17H,1-5,9H2,(H,19,20). The Morgan fingerprint density at radius 3 is 2.95 bits per heavy atom. The van der Waals surface area contributed by atoms with E-state index in [0.717, 1.165) is 29.5 Å². The smallest absolute Gasteiger partial charge is 0.335 e. The van der Waals surface area contributed by atoms with Gasteiger partial charge in [-0.1, -0.05) is 15.9 Å². The first-order valence-corrected chi connectivity index (χ1v) is 7.95. The molecule has 1 aromatic carbocycles. The quantitative estimate of drug-likeness (QED) is 0.888. The summed E-state index contributed by atoms with van der Waals surface area (Å²) in [5.74, 6) is -0.889.